The van der Waals surface area contributed by atoms with Gasteiger partial charge in [-0.15, -0.1) is 0 Å². The quantitative estimate of drug-likeness (QED) is 0.759. The van der Waals surface area contributed by atoms with Gasteiger partial charge < -0.3 is 19.9 Å². The molecule has 1 aromatic carbocycles. The molecule has 1 saturated carbocycles. The summed E-state index contributed by atoms with van der Waals surface area (Å²) in [6.45, 7) is 0.476. The minimum atomic E-state index is -0.880. The van der Waals surface area contributed by atoms with E-state index in [2.05, 4.69) is 5.32 Å². The Morgan fingerprint density at radius 1 is 1.23 bits per heavy atom. The highest BCUT2D eigenvalue weighted by atomic mass is 35.5. The van der Waals surface area contributed by atoms with Crippen molar-refractivity contribution in [2.45, 2.75) is 50.9 Å². The van der Waals surface area contributed by atoms with Gasteiger partial charge in [0.15, 0.2) is 11.4 Å². The van der Waals surface area contributed by atoms with Crippen molar-refractivity contribution in [2.24, 2.45) is 5.92 Å². The molecule has 4 heterocycles. The molecule has 0 unspecified atom stereocenters. The fourth-order valence-electron chi connectivity index (χ4n) is 5.25. The molecule has 3 fully saturated rings. The minimum Gasteiger partial charge on any atom is -0.503 e. The summed E-state index contributed by atoms with van der Waals surface area (Å²) in [6, 6.07) is 4.23. The zero-order valence-corrected chi connectivity index (χ0v) is 17.4. The summed E-state index contributed by atoms with van der Waals surface area (Å²) < 4.78 is 14.8. The highest BCUT2D eigenvalue weighted by Gasteiger charge is 2.48. The van der Waals surface area contributed by atoms with Crippen LogP contribution in [0, 0.1) is 11.7 Å². The van der Waals surface area contributed by atoms with Crippen LogP contribution >= 0.6 is 11.6 Å². The number of hydrogen-bond donors (Lipinski definition) is 2. The lowest BCUT2D eigenvalue weighted by molar-refractivity contribution is -0.0181. The van der Waals surface area contributed by atoms with Crippen LogP contribution in [0.1, 0.15) is 52.1 Å². The van der Waals surface area contributed by atoms with E-state index in [1.165, 1.54) is 24.4 Å². The van der Waals surface area contributed by atoms with E-state index in [4.69, 9.17) is 11.6 Å². The van der Waals surface area contributed by atoms with E-state index in [1.54, 1.807) is 4.57 Å². The third-order valence-corrected chi connectivity index (χ3v) is 7.08. The first-order valence-electron chi connectivity index (χ1n) is 10.4. The number of nitrogens with one attached hydrogen (secondary N) is 1. The largest absolute Gasteiger partial charge is 0.503 e. The summed E-state index contributed by atoms with van der Waals surface area (Å²) in [7, 11) is 0. The van der Waals surface area contributed by atoms with Gasteiger partial charge in [0.2, 0.25) is 5.43 Å². The third-order valence-electron chi connectivity index (χ3n) is 6.79. The number of nitrogens with zero attached hydrogens (tertiary/aromatic N) is 2. The van der Waals surface area contributed by atoms with Crippen molar-refractivity contribution < 1.29 is 19.1 Å². The Bertz CT molecular complexity index is 1160. The number of piperidine rings is 2. The number of aromatic nitrogens is 1. The molecule has 162 valence electrons. The van der Waals surface area contributed by atoms with Crippen LogP contribution in [0.5, 0.6) is 5.75 Å². The van der Waals surface area contributed by atoms with Crippen LogP contribution in [0.4, 0.5) is 4.39 Å². The monoisotopic (exact) mass is 445 g/mol. The number of benzene rings is 1. The number of hydrogen-bond acceptors (Lipinski definition) is 4. The van der Waals surface area contributed by atoms with Crippen molar-refractivity contribution in [3.8, 4) is 5.75 Å². The first kappa shape index (κ1) is 20.1. The maximum atomic E-state index is 13.3. The molecule has 9 heteroatoms. The van der Waals surface area contributed by atoms with Crippen molar-refractivity contribution in [1.82, 2.24) is 14.8 Å². The highest BCUT2D eigenvalue weighted by molar-refractivity contribution is 6.30. The lowest BCUT2D eigenvalue weighted by Gasteiger charge is -2.53. The van der Waals surface area contributed by atoms with Crippen LogP contribution in [0.2, 0.25) is 5.02 Å². The van der Waals surface area contributed by atoms with Gasteiger partial charge in [-0.25, -0.2) is 4.39 Å². The Morgan fingerprint density at radius 2 is 1.97 bits per heavy atom. The molecule has 3 aliphatic heterocycles. The van der Waals surface area contributed by atoms with Crippen LogP contribution in [0.25, 0.3) is 0 Å². The lowest BCUT2D eigenvalue weighted by Crippen LogP contribution is -2.61. The molecule has 0 radical (unpaired) electrons. The molecule has 1 atom stereocenters. The molecular formula is C22H21ClFN3O4. The molecule has 1 aromatic heterocycles. The summed E-state index contributed by atoms with van der Waals surface area (Å²) in [5.41, 5.74) is -0.603. The van der Waals surface area contributed by atoms with E-state index in [1.807, 2.05) is 4.90 Å². The molecule has 0 spiro atoms. The number of carbonyl (C=O) groups excluding carboxylic acids is 2. The van der Waals surface area contributed by atoms with Crippen LogP contribution in [0.3, 0.4) is 0 Å². The van der Waals surface area contributed by atoms with Crippen LogP contribution in [-0.2, 0) is 13.1 Å². The molecule has 2 saturated heterocycles. The van der Waals surface area contributed by atoms with E-state index in [9.17, 15) is 23.9 Å². The summed E-state index contributed by atoms with van der Waals surface area (Å²) in [6.07, 6.45) is 5.39. The fraction of sp³-hybridized carbons (Fsp3) is 0.409. The third kappa shape index (κ3) is 3.20. The van der Waals surface area contributed by atoms with Gasteiger partial charge in [0.05, 0.1) is 11.1 Å². The molecule has 2 amide bonds. The maximum Gasteiger partial charge on any atom is 0.275 e. The Labute approximate surface area is 182 Å². The van der Waals surface area contributed by atoms with E-state index in [0.29, 0.717) is 18.0 Å². The number of halogens is 2. The number of rotatable bonds is 3. The van der Waals surface area contributed by atoms with E-state index < -0.39 is 22.9 Å². The van der Waals surface area contributed by atoms with E-state index in [0.717, 1.165) is 25.7 Å². The SMILES string of the molecule is O=C(NCc1ccc(F)c(Cl)c1)c1cn2c(c(O)c1=O)C(=O)N1C3CCC(CC3)[C@@H]1C2. The molecular weight excluding hydrogens is 425 g/mol. The van der Waals surface area contributed by atoms with Gasteiger partial charge in [-0.3, -0.25) is 14.4 Å². The smallest absolute Gasteiger partial charge is 0.275 e. The Morgan fingerprint density at radius 3 is 2.68 bits per heavy atom. The molecule has 2 bridgehead atoms. The topological polar surface area (TPSA) is 91.6 Å². The second-order valence-electron chi connectivity index (χ2n) is 8.50. The van der Waals surface area contributed by atoms with Gasteiger partial charge in [-0.05, 0) is 49.3 Å². The summed E-state index contributed by atoms with van der Waals surface area (Å²) in [4.78, 5) is 40.3. The molecule has 31 heavy (non-hydrogen) atoms. The predicted octanol–water partition coefficient (Wildman–Crippen LogP) is 2.67. The maximum absolute atomic E-state index is 13.3. The summed E-state index contributed by atoms with van der Waals surface area (Å²) in [5.74, 6) is -1.89. The number of fused-ring (bicyclic) bond motifs is 3. The van der Waals surface area contributed by atoms with Gasteiger partial charge in [0, 0.05) is 25.3 Å². The van der Waals surface area contributed by atoms with Crippen molar-refractivity contribution in [1.29, 1.82) is 0 Å². The number of pyridine rings is 1. The van der Waals surface area contributed by atoms with E-state index in [-0.39, 0.29) is 40.8 Å². The Hall–Kier alpha value is -2.87. The lowest BCUT2D eigenvalue weighted by atomic mass is 9.73. The van der Waals surface area contributed by atoms with Crippen molar-refractivity contribution in [3.63, 3.8) is 0 Å². The van der Waals surface area contributed by atoms with Crippen LogP contribution < -0.4 is 10.7 Å². The number of carbonyl (C=O) groups is 2. The van der Waals surface area contributed by atoms with E-state index >= 15 is 0 Å². The second-order valence-corrected chi connectivity index (χ2v) is 8.91. The first-order valence-corrected chi connectivity index (χ1v) is 10.7. The van der Waals surface area contributed by atoms with Crippen molar-refractivity contribution in [2.75, 3.05) is 0 Å². The molecule has 7 nitrogen and oxygen atoms in total. The van der Waals surface area contributed by atoms with Gasteiger partial charge >= 0.3 is 0 Å². The number of aromatic hydroxyl groups is 1. The molecule has 4 aliphatic rings. The molecule has 6 rings (SSSR count). The second kappa shape index (κ2) is 7.37. The highest BCUT2D eigenvalue weighted by Crippen LogP contribution is 2.43. The molecule has 2 aromatic rings. The fourth-order valence-corrected chi connectivity index (χ4v) is 5.45. The zero-order valence-electron chi connectivity index (χ0n) is 16.6. The number of amides is 2. The average molecular weight is 446 g/mol. The first-order chi connectivity index (χ1) is 14.8. The van der Waals surface area contributed by atoms with Gasteiger partial charge in [-0.2, -0.15) is 0 Å². The normalized spacial score (nSPS) is 24.0. The van der Waals surface area contributed by atoms with Gasteiger partial charge in [0.1, 0.15) is 11.4 Å². The van der Waals surface area contributed by atoms with Crippen LogP contribution in [-0.4, -0.2) is 38.5 Å². The predicted molar refractivity (Wildman–Crippen MR) is 111 cm³/mol. The average Bonchev–Trinajstić information content (AvgIpc) is 2.77. The Kier molecular flexibility index (Phi) is 4.77. The molecule has 2 N–H and O–H groups in total. The summed E-state index contributed by atoms with van der Waals surface area (Å²) in [5, 5.41) is 13.1. The van der Waals surface area contributed by atoms with Crippen molar-refractivity contribution in [3.05, 3.63) is 62.3 Å². The van der Waals surface area contributed by atoms with Gasteiger partial charge in [-0.1, -0.05) is 17.7 Å². The standard InChI is InChI=1S/C22H21ClFN3O4/c23-15-7-11(1-6-16(15)24)8-25-21(30)14-9-26-10-17-12-2-4-13(5-3-12)27(17)22(31)18(26)20(29)19(14)28/h1,6-7,9,12-13,17,29H,2-5,8,10H2,(H,25,30)/t12?,13?,17-/m0/s1. The zero-order chi connectivity index (χ0) is 21.9. The van der Waals surface area contributed by atoms with Crippen LogP contribution in [0.15, 0.2) is 29.2 Å². The van der Waals surface area contributed by atoms with Gasteiger partial charge in [0.25, 0.3) is 11.8 Å². The summed E-state index contributed by atoms with van der Waals surface area (Å²) >= 11 is 5.76. The van der Waals surface area contributed by atoms with Crippen molar-refractivity contribution >= 4 is 23.4 Å². The minimum absolute atomic E-state index is 0.0201. The Balaban J connectivity index is 1.44. The molecule has 1 aliphatic carbocycles.